The molecule has 0 amide bonds. The largest absolute Gasteiger partial charge is 0.366 e. The van der Waals surface area contributed by atoms with Gasteiger partial charge in [0, 0.05) is 19.3 Å². The van der Waals surface area contributed by atoms with Gasteiger partial charge in [0.15, 0.2) is 5.82 Å². The summed E-state index contributed by atoms with van der Waals surface area (Å²) in [5.41, 5.74) is 2.70. The molecule has 0 saturated heterocycles. The molecule has 0 aromatic heterocycles. The van der Waals surface area contributed by atoms with E-state index >= 15 is 0 Å². The Morgan fingerprint density at radius 1 is 1.13 bits per heavy atom. The summed E-state index contributed by atoms with van der Waals surface area (Å²) in [6.45, 7) is 6.41. The van der Waals surface area contributed by atoms with E-state index in [0.717, 1.165) is 17.7 Å². The number of hydrogen-bond acceptors (Lipinski definition) is 2. The SMILES string of the molecule is CCN(C)/C=N/c1cc(C)c(Nc2c(C)cccc2F)cc1F. The van der Waals surface area contributed by atoms with Crippen molar-refractivity contribution in [3.63, 3.8) is 0 Å². The average Bonchev–Trinajstić information content (AvgIpc) is 2.52. The van der Waals surface area contributed by atoms with Crippen molar-refractivity contribution in [2.75, 3.05) is 18.9 Å². The van der Waals surface area contributed by atoms with E-state index in [1.807, 2.05) is 25.8 Å². The third-order valence-electron chi connectivity index (χ3n) is 3.67. The number of aryl methyl sites for hydroxylation is 2. The summed E-state index contributed by atoms with van der Waals surface area (Å²) in [5.74, 6) is -0.815. The van der Waals surface area contributed by atoms with Gasteiger partial charge in [0.2, 0.25) is 0 Å². The number of nitrogens with one attached hydrogen (secondary N) is 1. The summed E-state index contributed by atoms with van der Waals surface area (Å²) in [5, 5.41) is 2.98. The zero-order valence-electron chi connectivity index (χ0n) is 13.8. The van der Waals surface area contributed by atoms with Crippen molar-refractivity contribution < 1.29 is 8.78 Å². The molecule has 122 valence electrons. The summed E-state index contributed by atoms with van der Waals surface area (Å²) >= 11 is 0. The smallest absolute Gasteiger partial charge is 0.150 e. The first-order valence-corrected chi connectivity index (χ1v) is 7.49. The molecule has 0 saturated carbocycles. The number of anilines is 2. The van der Waals surface area contributed by atoms with Crippen LogP contribution in [0.1, 0.15) is 18.1 Å². The van der Waals surface area contributed by atoms with Crippen LogP contribution in [0.4, 0.5) is 25.8 Å². The highest BCUT2D eigenvalue weighted by Gasteiger charge is 2.10. The van der Waals surface area contributed by atoms with Crippen molar-refractivity contribution in [3.05, 3.63) is 53.1 Å². The van der Waals surface area contributed by atoms with Gasteiger partial charge in [-0.2, -0.15) is 0 Å². The second kappa shape index (κ2) is 7.22. The molecule has 0 aliphatic carbocycles. The Labute approximate surface area is 135 Å². The summed E-state index contributed by atoms with van der Waals surface area (Å²) < 4.78 is 28.1. The Hall–Kier alpha value is -2.43. The number of aliphatic imine (C=N–C) groups is 1. The lowest BCUT2D eigenvalue weighted by Crippen LogP contribution is -2.14. The van der Waals surface area contributed by atoms with Crippen LogP contribution in [0.2, 0.25) is 0 Å². The minimum atomic E-state index is -0.451. The zero-order valence-corrected chi connectivity index (χ0v) is 13.8. The molecule has 0 radical (unpaired) electrons. The Bertz CT molecular complexity index is 706. The molecule has 5 heteroatoms. The van der Waals surface area contributed by atoms with Crippen molar-refractivity contribution in [3.8, 4) is 0 Å². The Balaban J connectivity index is 2.32. The van der Waals surface area contributed by atoms with Crippen LogP contribution in [0.5, 0.6) is 0 Å². The number of rotatable bonds is 5. The van der Waals surface area contributed by atoms with Crippen LogP contribution >= 0.6 is 0 Å². The first-order chi connectivity index (χ1) is 10.9. The Morgan fingerprint density at radius 3 is 2.52 bits per heavy atom. The predicted molar refractivity (Wildman–Crippen MR) is 92.0 cm³/mol. The first kappa shape index (κ1) is 16.9. The van der Waals surface area contributed by atoms with E-state index in [0.29, 0.717) is 11.4 Å². The molecule has 0 atom stereocenters. The highest BCUT2D eigenvalue weighted by atomic mass is 19.1. The van der Waals surface area contributed by atoms with Crippen molar-refractivity contribution in [1.29, 1.82) is 0 Å². The van der Waals surface area contributed by atoms with Crippen LogP contribution in [-0.2, 0) is 0 Å². The molecule has 0 bridgehead atoms. The van der Waals surface area contributed by atoms with E-state index < -0.39 is 5.82 Å². The highest BCUT2D eigenvalue weighted by molar-refractivity contribution is 5.70. The molecule has 0 fully saturated rings. The number of para-hydroxylation sites is 1. The van der Waals surface area contributed by atoms with Crippen molar-refractivity contribution in [1.82, 2.24) is 4.90 Å². The number of nitrogens with zero attached hydrogens (tertiary/aromatic N) is 2. The Kier molecular flexibility index (Phi) is 5.32. The maximum Gasteiger partial charge on any atom is 0.150 e. The fourth-order valence-electron chi connectivity index (χ4n) is 2.07. The average molecular weight is 317 g/mol. The fraction of sp³-hybridized carbons (Fsp3) is 0.278. The van der Waals surface area contributed by atoms with Crippen molar-refractivity contribution in [2.45, 2.75) is 20.8 Å². The van der Waals surface area contributed by atoms with E-state index in [2.05, 4.69) is 10.3 Å². The second-order valence-corrected chi connectivity index (χ2v) is 5.49. The van der Waals surface area contributed by atoms with Crippen LogP contribution in [0, 0.1) is 25.5 Å². The standard InChI is InChI=1S/C18H21F2N3/c1-5-23(4)11-21-17-9-13(3)16(10-15(17)20)22-18-12(2)7-6-8-14(18)19/h6-11,22H,5H2,1-4H3/b21-11+. The van der Waals surface area contributed by atoms with Crippen LogP contribution in [-0.4, -0.2) is 24.8 Å². The zero-order chi connectivity index (χ0) is 17.0. The molecule has 2 aromatic rings. The minimum Gasteiger partial charge on any atom is -0.366 e. The Morgan fingerprint density at radius 2 is 1.87 bits per heavy atom. The van der Waals surface area contributed by atoms with Gasteiger partial charge in [-0.1, -0.05) is 12.1 Å². The van der Waals surface area contributed by atoms with Crippen LogP contribution in [0.3, 0.4) is 0 Å². The molecular weight excluding hydrogens is 296 g/mol. The number of halogens is 2. The van der Waals surface area contributed by atoms with E-state index in [-0.39, 0.29) is 11.5 Å². The van der Waals surface area contributed by atoms with E-state index in [4.69, 9.17) is 0 Å². The summed E-state index contributed by atoms with van der Waals surface area (Å²) in [4.78, 5) is 6.00. The molecule has 23 heavy (non-hydrogen) atoms. The molecule has 0 aliphatic rings. The molecule has 0 unspecified atom stereocenters. The van der Waals surface area contributed by atoms with Crippen LogP contribution in [0.25, 0.3) is 0 Å². The maximum atomic E-state index is 14.2. The number of benzene rings is 2. The quantitative estimate of drug-likeness (QED) is 0.625. The lowest BCUT2D eigenvalue weighted by atomic mass is 10.1. The van der Waals surface area contributed by atoms with Gasteiger partial charge in [-0.3, -0.25) is 0 Å². The van der Waals surface area contributed by atoms with Gasteiger partial charge in [0.25, 0.3) is 0 Å². The molecular formula is C18H21F2N3. The lowest BCUT2D eigenvalue weighted by Gasteiger charge is -2.14. The van der Waals surface area contributed by atoms with Gasteiger partial charge in [-0.05, 0) is 50.1 Å². The molecule has 0 spiro atoms. The summed E-state index contributed by atoms with van der Waals surface area (Å²) in [6, 6.07) is 7.82. The first-order valence-electron chi connectivity index (χ1n) is 7.49. The molecule has 3 nitrogen and oxygen atoms in total. The minimum absolute atomic E-state index is 0.263. The molecule has 1 N–H and O–H groups in total. The molecule has 0 heterocycles. The van der Waals surface area contributed by atoms with Gasteiger partial charge >= 0.3 is 0 Å². The lowest BCUT2D eigenvalue weighted by molar-refractivity contribution is 0.551. The molecule has 0 aliphatic heterocycles. The van der Waals surface area contributed by atoms with E-state index in [1.54, 1.807) is 31.5 Å². The highest BCUT2D eigenvalue weighted by Crippen LogP contribution is 2.30. The van der Waals surface area contributed by atoms with Crippen molar-refractivity contribution >= 4 is 23.4 Å². The van der Waals surface area contributed by atoms with Gasteiger partial charge in [0.05, 0.1) is 12.0 Å². The van der Waals surface area contributed by atoms with Gasteiger partial charge in [-0.25, -0.2) is 13.8 Å². The van der Waals surface area contributed by atoms with Gasteiger partial charge < -0.3 is 10.2 Å². The third kappa shape index (κ3) is 4.06. The predicted octanol–water partition coefficient (Wildman–Crippen LogP) is 4.94. The van der Waals surface area contributed by atoms with Gasteiger partial charge in [-0.15, -0.1) is 0 Å². The van der Waals surface area contributed by atoms with Crippen LogP contribution in [0.15, 0.2) is 35.3 Å². The summed E-state index contributed by atoms with van der Waals surface area (Å²) in [6.07, 6.45) is 1.59. The second-order valence-electron chi connectivity index (χ2n) is 5.49. The normalized spacial score (nSPS) is 11.0. The number of hydrogen-bond donors (Lipinski definition) is 1. The monoisotopic (exact) mass is 317 g/mol. The van der Waals surface area contributed by atoms with Crippen molar-refractivity contribution in [2.24, 2.45) is 4.99 Å². The van der Waals surface area contributed by atoms with Gasteiger partial charge in [0.1, 0.15) is 11.5 Å². The third-order valence-corrected chi connectivity index (χ3v) is 3.67. The fourth-order valence-corrected chi connectivity index (χ4v) is 2.07. The summed E-state index contributed by atoms with van der Waals surface area (Å²) in [7, 11) is 1.87. The molecule has 2 rings (SSSR count). The topological polar surface area (TPSA) is 27.6 Å². The van der Waals surface area contributed by atoms with E-state index in [1.165, 1.54) is 12.1 Å². The van der Waals surface area contributed by atoms with Crippen LogP contribution < -0.4 is 5.32 Å². The maximum absolute atomic E-state index is 14.2. The molecule has 2 aromatic carbocycles. The van der Waals surface area contributed by atoms with E-state index in [9.17, 15) is 8.78 Å².